The number of carbonyl (C=O) groups is 4. The molecule has 0 radical (unpaired) electrons. The Morgan fingerprint density at radius 1 is 0.947 bits per heavy atom. The fourth-order valence-electron chi connectivity index (χ4n) is 6.56. The first-order chi connectivity index (χ1) is 18.2. The maximum atomic E-state index is 13.9. The number of allylic oxidation sites excluding steroid dienone is 2. The molecule has 1 aliphatic heterocycles. The SMILES string of the molecule is COc1ccc(C(=O)[C@H](C)N(C(=O)c2ccc([N+](=O)[O-])cc2)N2C(=O)[C@@H]3[C@H]4C=C[C@@H]([C@@H]5C[C@H]45)[C@@H]3C2=O)cc1. The van der Waals surface area contributed by atoms with Gasteiger partial charge in [-0.05, 0) is 73.4 Å². The lowest BCUT2D eigenvalue weighted by molar-refractivity contribution is -0.384. The Morgan fingerprint density at radius 3 is 1.97 bits per heavy atom. The van der Waals surface area contributed by atoms with Gasteiger partial charge in [-0.2, -0.15) is 5.01 Å². The third kappa shape index (κ3) is 3.47. The number of hydrazine groups is 1. The van der Waals surface area contributed by atoms with Gasteiger partial charge >= 0.3 is 0 Å². The van der Waals surface area contributed by atoms with E-state index in [0.717, 1.165) is 16.4 Å². The third-order valence-electron chi connectivity index (χ3n) is 8.51. The maximum Gasteiger partial charge on any atom is 0.273 e. The summed E-state index contributed by atoms with van der Waals surface area (Å²) in [7, 11) is 1.50. The van der Waals surface area contributed by atoms with Crippen LogP contribution in [0.15, 0.2) is 60.7 Å². The summed E-state index contributed by atoms with van der Waals surface area (Å²) in [6.07, 6.45) is 5.06. The van der Waals surface area contributed by atoms with Crippen molar-refractivity contribution in [3.63, 3.8) is 0 Å². The molecule has 0 unspecified atom stereocenters. The van der Waals surface area contributed by atoms with Crippen molar-refractivity contribution in [3.8, 4) is 5.75 Å². The van der Waals surface area contributed by atoms with E-state index in [9.17, 15) is 29.3 Å². The highest BCUT2D eigenvalue weighted by atomic mass is 16.6. The van der Waals surface area contributed by atoms with E-state index in [-0.39, 0.29) is 28.7 Å². The van der Waals surface area contributed by atoms with Crippen molar-refractivity contribution in [1.82, 2.24) is 10.0 Å². The Bertz CT molecular complexity index is 1360. The number of benzene rings is 2. The molecule has 7 atom stereocenters. The molecular formula is C28H25N3O7. The molecule has 3 amide bonds. The molecule has 1 heterocycles. The minimum atomic E-state index is -1.21. The van der Waals surface area contributed by atoms with Gasteiger partial charge in [-0.25, -0.2) is 5.01 Å². The molecule has 5 aliphatic rings. The third-order valence-corrected chi connectivity index (χ3v) is 8.51. The van der Waals surface area contributed by atoms with Crippen LogP contribution in [0.1, 0.15) is 34.1 Å². The zero-order chi connectivity index (χ0) is 26.9. The zero-order valence-corrected chi connectivity index (χ0v) is 20.7. The van der Waals surface area contributed by atoms with Crippen molar-refractivity contribution in [2.24, 2.45) is 35.5 Å². The van der Waals surface area contributed by atoms with E-state index < -0.39 is 46.3 Å². The van der Waals surface area contributed by atoms with Crippen LogP contribution < -0.4 is 4.74 Å². The predicted molar refractivity (Wildman–Crippen MR) is 133 cm³/mol. The van der Waals surface area contributed by atoms with Gasteiger partial charge in [0.1, 0.15) is 11.8 Å². The highest BCUT2D eigenvalue weighted by Crippen LogP contribution is 2.65. The molecule has 38 heavy (non-hydrogen) atoms. The van der Waals surface area contributed by atoms with E-state index in [1.54, 1.807) is 24.3 Å². The smallest absolute Gasteiger partial charge is 0.273 e. The topological polar surface area (TPSA) is 127 Å². The minimum Gasteiger partial charge on any atom is -0.497 e. The first-order valence-electron chi connectivity index (χ1n) is 12.5. The second-order valence-electron chi connectivity index (χ2n) is 10.4. The number of nitro groups is 1. The Morgan fingerprint density at radius 2 is 1.47 bits per heavy atom. The number of imide groups is 1. The van der Waals surface area contributed by atoms with Crippen LogP contribution in [0.25, 0.3) is 0 Å². The summed E-state index contributed by atoms with van der Waals surface area (Å²) in [5, 5.41) is 12.9. The average Bonchev–Trinajstić information content (AvgIpc) is 3.72. The number of hydrogen-bond acceptors (Lipinski definition) is 7. The number of nitrogens with zero attached hydrogens (tertiary/aromatic N) is 3. The van der Waals surface area contributed by atoms with Gasteiger partial charge in [0.05, 0.1) is 23.9 Å². The number of amides is 3. The number of non-ortho nitro benzene ring substituents is 1. The zero-order valence-electron chi connectivity index (χ0n) is 20.7. The molecule has 2 bridgehead atoms. The van der Waals surface area contributed by atoms with Gasteiger partial charge < -0.3 is 4.74 Å². The number of ether oxygens (including phenoxy) is 1. The quantitative estimate of drug-likeness (QED) is 0.182. The molecule has 2 saturated carbocycles. The van der Waals surface area contributed by atoms with E-state index in [1.165, 1.54) is 38.3 Å². The molecule has 0 N–H and O–H groups in total. The van der Waals surface area contributed by atoms with Gasteiger partial charge in [-0.1, -0.05) is 12.2 Å². The number of hydrogen-bond donors (Lipinski definition) is 0. The lowest BCUT2D eigenvalue weighted by atomic mass is 9.63. The summed E-state index contributed by atoms with van der Waals surface area (Å²) in [6, 6.07) is 9.98. The fraction of sp³-hybridized carbons (Fsp3) is 0.357. The molecule has 1 saturated heterocycles. The van der Waals surface area contributed by atoms with Crippen molar-refractivity contribution in [3.05, 3.63) is 81.9 Å². The molecule has 2 aromatic carbocycles. The number of carbonyl (C=O) groups excluding carboxylic acids is 4. The van der Waals surface area contributed by atoms with E-state index in [2.05, 4.69) is 0 Å². The Kier molecular flexibility index (Phi) is 5.44. The highest BCUT2D eigenvalue weighted by molar-refractivity contribution is 6.11. The van der Waals surface area contributed by atoms with Gasteiger partial charge in [0.2, 0.25) is 0 Å². The monoisotopic (exact) mass is 515 g/mol. The highest BCUT2D eigenvalue weighted by Gasteiger charge is 2.68. The molecule has 0 spiro atoms. The van der Waals surface area contributed by atoms with Gasteiger partial charge in [-0.3, -0.25) is 29.3 Å². The normalized spacial score (nSPS) is 28.9. The molecule has 10 nitrogen and oxygen atoms in total. The van der Waals surface area contributed by atoms with Gasteiger partial charge in [0.25, 0.3) is 23.4 Å². The van der Waals surface area contributed by atoms with Crippen LogP contribution in [0, 0.1) is 45.6 Å². The Labute approximate surface area is 218 Å². The molecule has 7 rings (SSSR count). The Hall–Kier alpha value is -4.34. The van der Waals surface area contributed by atoms with E-state index in [1.807, 2.05) is 12.2 Å². The summed E-state index contributed by atoms with van der Waals surface area (Å²) in [5.41, 5.74) is 0.0837. The second-order valence-corrected chi connectivity index (χ2v) is 10.4. The molecule has 4 aliphatic carbocycles. The van der Waals surface area contributed by atoms with E-state index >= 15 is 0 Å². The van der Waals surface area contributed by atoms with Crippen LogP contribution in [0.2, 0.25) is 0 Å². The van der Waals surface area contributed by atoms with Crippen LogP contribution in [-0.4, -0.2) is 51.6 Å². The van der Waals surface area contributed by atoms with Crippen molar-refractivity contribution in [2.75, 3.05) is 7.11 Å². The molecular weight excluding hydrogens is 490 g/mol. The van der Waals surface area contributed by atoms with E-state index in [4.69, 9.17) is 4.74 Å². The lowest BCUT2D eigenvalue weighted by Gasteiger charge is -2.37. The molecule has 3 fully saturated rings. The number of ketones is 1. The standard InChI is InChI=1S/C28H25N3O7/c1-14(25(32)15-5-9-18(38-2)10-6-15)29(26(33)16-3-7-17(8-4-16)31(36)37)30-27(34)23-19-11-12-20(22-13-21(19)22)24(23)28(30)35/h3-12,14,19-24H,13H2,1-2H3/t14-,19-,20-,21-,22+,23-,24+/m0/s1. The predicted octanol–water partition coefficient (Wildman–Crippen LogP) is 3.29. The Balaban J connectivity index is 1.38. The summed E-state index contributed by atoms with van der Waals surface area (Å²) in [5.74, 6) is -2.12. The summed E-state index contributed by atoms with van der Waals surface area (Å²) < 4.78 is 5.15. The maximum absolute atomic E-state index is 13.9. The number of nitro benzene ring substituents is 1. The van der Waals surface area contributed by atoms with Crippen molar-refractivity contribution in [2.45, 2.75) is 19.4 Å². The average molecular weight is 516 g/mol. The first kappa shape index (κ1) is 24.0. The van der Waals surface area contributed by atoms with Crippen molar-refractivity contribution < 1.29 is 28.8 Å². The van der Waals surface area contributed by atoms with Gasteiger partial charge in [0, 0.05) is 23.3 Å². The summed E-state index contributed by atoms with van der Waals surface area (Å²) in [6.45, 7) is 1.47. The van der Waals surface area contributed by atoms with Crippen molar-refractivity contribution in [1.29, 1.82) is 0 Å². The van der Waals surface area contributed by atoms with Crippen LogP contribution >= 0.6 is 0 Å². The van der Waals surface area contributed by atoms with E-state index in [0.29, 0.717) is 17.6 Å². The number of Topliss-reactive ketones (excluding diaryl/α,β-unsaturated/α-hetero) is 1. The summed E-state index contributed by atoms with van der Waals surface area (Å²) in [4.78, 5) is 65.6. The summed E-state index contributed by atoms with van der Waals surface area (Å²) >= 11 is 0. The van der Waals surface area contributed by atoms with Crippen LogP contribution in [0.5, 0.6) is 5.75 Å². The second kappa shape index (κ2) is 8.61. The van der Waals surface area contributed by atoms with Gasteiger partial charge in [0.15, 0.2) is 5.78 Å². The molecule has 0 aromatic heterocycles. The number of methoxy groups -OCH3 is 1. The number of rotatable bonds is 7. The van der Waals surface area contributed by atoms with Crippen LogP contribution in [0.4, 0.5) is 5.69 Å². The van der Waals surface area contributed by atoms with Crippen LogP contribution in [-0.2, 0) is 9.59 Å². The molecule has 2 aromatic rings. The van der Waals surface area contributed by atoms with Gasteiger partial charge in [-0.15, -0.1) is 0 Å². The fourth-order valence-corrected chi connectivity index (χ4v) is 6.56. The van der Waals surface area contributed by atoms with Crippen LogP contribution in [0.3, 0.4) is 0 Å². The largest absolute Gasteiger partial charge is 0.497 e. The molecule has 194 valence electrons. The minimum absolute atomic E-state index is 0.0180. The van der Waals surface area contributed by atoms with Crippen molar-refractivity contribution >= 4 is 29.2 Å². The molecule has 10 heteroatoms. The first-order valence-corrected chi connectivity index (χ1v) is 12.5. The lowest BCUT2D eigenvalue weighted by Crippen LogP contribution is -2.56.